The average molecular weight is 794 g/mol. The quantitative estimate of drug-likeness (QED) is 0.155. The number of thiophene rings is 1. The smallest absolute Gasteiger partial charge is 0.0714 e. The predicted molar refractivity (Wildman–Crippen MR) is 260 cm³/mol. The fourth-order valence-electron chi connectivity index (χ4n) is 9.99. The molecule has 1 aliphatic rings. The van der Waals surface area contributed by atoms with E-state index >= 15 is 0 Å². The van der Waals surface area contributed by atoms with Crippen molar-refractivity contribution in [2.75, 3.05) is 4.90 Å². The third kappa shape index (κ3) is 5.68. The molecular weight excluding hydrogens is 755 g/mol. The summed E-state index contributed by atoms with van der Waals surface area (Å²) in [6.07, 6.45) is 0. The molecule has 10 aromatic carbocycles. The van der Waals surface area contributed by atoms with Crippen molar-refractivity contribution in [3.05, 3.63) is 259 Å². The molecule has 0 spiro atoms. The summed E-state index contributed by atoms with van der Waals surface area (Å²) < 4.78 is 2.64. The first-order chi connectivity index (χ1) is 30.2. The minimum Gasteiger partial charge on any atom is -0.310 e. The maximum absolute atomic E-state index is 2.48. The first-order valence-corrected chi connectivity index (χ1v) is 21.8. The summed E-state index contributed by atoms with van der Waals surface area (Å²) in [6.45, 7) is 0. The molecule has 0 amide bonds. The van der Waals surface area contributed by atoms with Gasteiger partial charge in [-0.3, -0.25) is 0 Å². The van der Waals surface area contributed by atoms with Gasteiger partial charge >= 0.3 is 0 Å². The van der Waals surface area contributed by atoms with Crippen LogP contribution in [0.25, 0.3) is 64.3 Å². The maximum atomic E-state index is 2.48. The highest BCUT2D eigenvalue weighted by atomic mass is 32.1. The molecule has 12 rings (SSSR count). The zero-order valence-corrected chi connectivity index (χ0v) is 34.2. The van der Waals surface area contributed by atoms with Gasteiger partial charge in [0.05, 0.1) is 11.1 Å². The summed E-state index contributed by atoms with van der Waals surface area (Å²) >= 11 is 1.86. The van der Waals surface area contributed by atoms with E-state index in [1.54, 1.807) is 0 Å². The Hall–Kier alpha value is -7.52. The molecule has 0 saturated heterocycles. The van der Waals surface area contributed by atoms with Crippen molar-refractivity contribution in [1.82, 2.24) is 0 Å². The molecule has 0 fully saturated rings. The van der Waals surface area contributed by atoms with Gasteiger partial charge in [0.2, 0.25) is 0 Å². The average Bonchev–Trinajstić information content (AvgIpc) is 3.86. The molecule has 0 N–H and O–H groups in total. The van der Waals surface area contributed by atoms with E-state index in [1.165, 1.54) is 86.6 Å². The standard InChI is InChI=1S/C59H39NS/c1-3-18-46(19-4-1)59(47-20-5-2-6-21-47)53-25-11-9-24-51(53)58-54(59)26-14-27-55(58)60(49-22-13-17-43(38-49)44-30-29-40-15-7-8-16-42(40)37-44)48-34-31-41(32-35-48)45-33-36-57-52(39-45)50-23-10-12-28-56(50)61-57/h1-39H. The van der Waals surface area contributed by atoms with Gasteiger partial charge in [0.1, 0.15) is 0 Å². The number of hydrogen-bond donors (Lipinski definition) is 0. The number of rotatable bonds is 7. The molecule has 0 aliphatic heterocycles. The summed E-state index contributed by atoms with van der Waals surface area (Å²) in [6, 6.07) is 87.4. The Morgan fingerprint density at radius 2 is 0.951 bits per heavy atom. The van der Waals surface area contributed by atoms with Crippen LogP contribution in [0.3, 0.4) is 0 Å². The molecule has 0 unspecified atom stereocenters. The minimum atomic E-state index is -0.503. The molecular formula is C59H39NS. The molecule has 0 radical (unpaired) electrons. The predicted octanol–water partition coefficient (Wildman–Crippen LogP) is 16.4. The van der Waals surface area contributed by atoms with Crippen molar-refractivity contribution in [1.29, 1.82) is 0 Å². The van der Waals surface area contributed by atoms with Crippen LogP contribution >= 0.6 is 11.3 Å². The van der Waals surface area contributed by atoms with Crippen molar-refractivity contribution in [3.63, 3.8) is 0 Å². The minimum absolute atomic E-state index is 0.503. The third-order valence-corrected chi connectivity index (χ3v) is 13.9. The van der Waals surface area contributed by atoms with Crippen LogP contribution in [0.4, 0.5) is 17.1 Å². The van der Waals surface area contributed by atoms with Crippen LogP contribution in [0.1, 0.15) is 22.3 Å². The van der Waals surface area contributed by atoms with Crippen LogP contribution in [0.5, 0.6) is 0 Å². The summed E-state index contributed by atoms with van der Waals surface area (Å²) in [5, 5.41) is 5.11. The molecule has 1 nitrogen and oxygen atoms in total. The lowest BCUT2D eigenvalue weighted by atomic mass is 9.68. The van der Waals surface area contributed by atoms with Gasteiger partial charge in [-0.2, -0.15) is 0 Å². The van der Waals surface area contributed by atoms with Gasteiger partial charge in [-0.1, -0.05) is 182 Å². The van der Waals surface area contributed by atoms with Crippen molar-refractivity contribution in [2.24, 2.45) is 0 Å². The maximum Gasteiger partial charge on any atom is 0.0714 e. The third-order valence-electron chi connectivity index (χ3n) is 12.7. The lowest BCUT2D eigenvalue weighted by molar-refractivity contribution is 0.768. The van der Waals surface area contributed by atoms with Crippen LogP contribution < -0.4 is 4.90 Å². The number of anilines is 3. The molecule has 1 aliphatic carbocycles. The molecule has 61 heavy (non-hydrogen) atoms. The molecule has 0 bridgehead atoms. The van der Waals surface area contributed by atoms with Crippen LogP contribution in [0.2, 0.25) is 0 Å². The largest absolute Gasteiger partial charge is 0.310 e. The van der Waals surface area contributed by atoms with Crippen molar-refractivity contribution in [2.45, 2.75) is 5.41 Å². The molecule has 1 heterocycles. The summed E-state index contributed by atoms with van der Waals surface area (Å²) in [7, 11) is 0. The van der Waals surface area contributed by atoms with E-state index in [4.69, 9.17) is 0 Å². The molecule has 2 heteroatoms. The molecule has 0 atom stereocenters. The van der Waals surface area contributed by atoms with E-state index in [1.807, 2.05) is 11.3 Å². The Labute approximate surface area is 360 Å². The zero-order chi connectivity index (χ0) is 40.3. The lowest BCUT2D eigenvalue weighted by Gasteiger charge is -2.34. The molecule has 1 aromatic heterocycles. The zero-order valence-electron chi connectivity index (χ0n) is 33.4. The van der Waals surface area contributed by atoms with E-state index in [2.05, 4.69) is 241 Å². The second-order valence-electron chi connectivity index (χ2n) is 16.0. The van der Waals surface area contributed by atoms with Crippen molar-refractivity contribution in [3.8, 4) is 33.4 Å². The van der Waals surface area contributed by atoms with Crippen LogP contribution in [-0.4, -0.2) is 0 Å². The van der Waals surface area contributed by atoms with E-state index < -0.39 is 5.41 Å². The van der Waals surface area contributed by atoms with Crippen molar-refractivity contribution < 1.29 is 0 Å². The van der Waals surface area contributed by atoms with E-state index in [0.29, 0.717) is 0 Å². The fraction of sp³-hybridized carbons (Fsp3) is 0.0169. The van der Waals surface area contributed by atoms with Gasteiger partial charge in [0.25, 0.3) is 0 Å². The summed E-state index contributed by atoms with van der Waals surface area (Å²) in [4.78, 5) is 2.48. The first kappa shape index (κ1) is 35.4. The van der Waals surface area contributed by atoms with Crippen LogP contribution in [0.15, 0.2) is 237 Å². The fourth-order valence-corrected chi connectivity index (χ4v) is 11.1. The lowest BCUT2D eigenvalue weighted by Crippen LogP contribution is -2.28. The Kier molecular flexibility index (Phi) is 8.33. The van der Waals surface area contributed by atoms with Gasteiger partial charge < -0.3 is 4.90 Å². The highest BCUT2D eigenvalue weighted by Gasteiger charge is 2.47. The topological polar surface area (TPSA) is 3.24 Å². The normalized spacial score (nSPS) is 12.7. The second kappa shape index (κ2) is 14.3. The number of hydrogen-bond acceptors (Lipinski definition) is 2. The first-order valence-electron chi connectivity index (χ1n) is 21.0. The van der Waals surface area contributed by atoms with E-state index in [0.717, 1.165) is 17.1 Å². The number of nitrogens with zero attached hydrogens (tertiary/aromatic N) is 1. The van der Waals surface area contributed by atoms with E-state index in [9.17, 15) is 0 Å². The highest BCUT2D eigenvalue weighted by Crippen LogP contribution is 2.59. The van der Waals surface area contributed by atoms with E-state index in [-0.39, 0.29) is 0 Å². The van der Waals surface area contributed by atoms with Crippen molar-refractivity contribution >= 4 is 59.3 Å². The second-order valence-corrected chi connectivity index (χ2v) is 17.1. The highest BCUT2D eigenvalue weighted by molar-refractivity contribution is 7.25. The number of benzene rings is 10. The molecule has 11 aromatic rings. The SMILES string of the molecule is c1ccc(C2(c3ccccc3)c3ccccc3-c3c(N(c4ccc(-c5ccc6sc7ccccc7c6c5)cc4)c4cccc(-c5ccc6ccccc6c5)c4)cccc32)cc1. The molecule has 286 valence electrons. The van der Waals surface area contributed by atoms with Gasteiger partial charge in [0.15, 0.2) is 0 Å². The van der Waals surface area contributed by atoms with Gasteiger partial charge in [-0.25, -0.2) is 0 Å². The van der Waals surface area contributed by atoms with Gasteiger partial charge in [0, 0.05) is 37.1 Å². The van der Waals surface area contributed by atoms with Crippen LogP contribution in [-0.2, 0) is 5.41 Å². The van der Waals surface area contributed by atoms with Gasteiger partial charge in [-0.05, 0) is 115 Å². The Bertz CT molecular complexity index is 3380. The van der Waals surface area contributed by atoms with Crippen LogP contribution in [0, 0.1) is 0 Å². The summed E-state index contributed by atoms with van der Waals surface area (Å²) in [5.74, 6) is 0. The number of fused-ring (bicyclic) bond motifs is 7. The Morgan fingerprint density at radius 1 is 0.344 bits per heavy atom. The Morgan fingerprint density at radius 3 is 1.77 bits per heavy atom. The summed E-state index contributed by atoms with van der Waals surface area (Å²) in [5.41, 5.74) is 15.2. The Balaban J connectivity index is 1.07. The molecule has 0 saturated carbocycles. The monoisotopic (exact) mass is 793 g/mol. The van der Waals surface area contributed by atoms with Gasteiger partial charge in [-0.15, -0.1) is 11.3 Å².